The third-order valence-corrected chi connectivity index (χ3v) is 4.48. The van der Waals surface area contributed by atoms with Gasteiger partial charge in [-0.05, 0) is 0 Å². The minimum atomic E-state index is -0.314. The average molecular weight is 369 g/mol. The molecule has 1 aliphatic heterocycles. The largest absolute Gasteiger partial charge is 0.347 e. The minimum Gasteiger partial charge on any atom is -0.347 e. The molecule has 2 heterocycles. The molecule has 0 atom stereocenters. The van der Waals surface area contributed by atoms with Crippen LogP contribution in [0, 0.1) is 0 Å². The second-order valence-corrected chi connectivity index (χ2v) is 7.06. The van der Waals surface area contributed by atoms with Gasteiger partial charge >= 0.3 is 0 Å². The normalized spacial score (nSPS) is 14.1. The van der Waals surface area contributed by atoms with Crippen molar-refractivity contribution in [3.05, 3.63) is 5.82 Å². The van der Waals surface area contributed by atoms with Gasteiger partial charge < -0.3 is 15.1 Å². The van der Waals surface area contributed by atoms with Gasteiger partial charge in [0.05, 0.1) is 12.3 Å². The Morgan fingerprint density at radius 2 is 1.79 bits per heavy atom. The predicted molar refractivity (Wildman–Crippen MR) is 97.1 cm³/mol. The van der Waals surface area contributed by atoms with Gasteiger partial charge in [-0.3, -0.25) is 14.5 Å². The summed E-state index contributed by atoms with van der Waals surface area (Å²) in [5.41, 5.74) is 0. The van der Waals surface area contributed by atoms with E-state index in [0.29, 0.717) is 22.0 Å². The Kier molecular flexibility index (Phi) is 5.89. The number of thioether (sulfide) groups is 1. The molecule has 0 aromatic carbocycles. The number of hydrogen-bond donors (Lipinski definition) is 1. The molecule has 0 radical (unpaired) electrons. The highest BCUT2D eigenvalue weighted by Crippen LogP contribution is 2.18. The number of carbonyl (C=O) groups is 2. The lowest BCUT2D eigenvalue weighted by Gasteiger charge is -2.17. The van der Waals surface area contributed by atoms with E-state index >= 15 is 0 Å². The minimum absolute atomic E-state index is 0.0865. The standard InChI is InChI=1S/C13H19N7O2S2/c1-18(2)11-15-8(16-12(17-11)19(3)4)5-14-9(21)6-20-10(22)7-24-13(20)23/h5-7H2,1-4H3,(H,14,21). The van der Waals surface area contributed by atoms with Crippen molar-refractivity contribution < 1.29 is 9.59 Å². The summed E-state index contributed by atoms with van der Waals surface area (Å²) in [6.07, 6.45) is 0. The molecular weight excluding hydrogens is 350 g/mol. The highest BCUT2D eigenvalue weighted by molar-refractivity contribution is 8.23. The molecule has 24 heavy (non-hydrogen) atoms. The molecule has 9 nitrogen and oxygen atoms in total. The Bertz CT molecular complexity index is 623. The number of rotatable bonds is 6. The summed E-state index contributed by atoms with van der Waals surface area (Å²) in [7, 11) is 7.31. The first-order valence-corrected chi connectivity index (χ1v) is 8.50. The molecular formula is C13H19N7O2S2. The summed E-state index contributed by atoms with van der Waals surface area (Å²) in [6.45, 7) is 0.0573. The highest BCUT2D eigenvalue weighted by Gasteiger charge is 2.28. The van der Waals surface area contributed by atoms with Gasteiger partial charge in [-0.15, -0.1) is 0 Å². The predicted octanol–water partition coefficient (Wildman–Crippen LogP) is -0.520. The number of carbonyl (C=O) groups excluding carboxylic acids is 2. The van der Waals surface area contributed by atoms with E-state index in [-0.39, 0.29) is 30.7 Å². The maximum absolute atomic E-state index is 12.0. The number of nitrogens with one attached hydrogen (secondary N) is 1. The van der Waals surface area contributed by atoms with Gasteiger partial charge in [0, 0.05) is 28.2 Å². The lowest BCUT2D eigenvalue weighted by atomic mass is 10.4. The van der Waals surface area contributed by atoms with Crippen molar-refractivity contribution in [3.8, 4) is 0 Å². The van der Waals surface area contributed by atoms with E-state index in [0.717, 1.165) is 0 Å². The topological polar surface area (TPSA) is 94.6 Å². The first-order valence-electron chi connectivity index (χ1n) is 7.11. The van der Waals surface area contributed by atoms with Crippen molar-refractivity contribution in [2.75, 3.05) is 50.3 Å². The van der Waals surface area contributed by atoms with Crippen LogP contribution >= 0.6 is 24.0 Å². The van der Waals surface area contributed by atoms with E-state index in [9.17, 15) is 9.59 Å². The summed E-state index contributed by atoms with van der Waals surface area (Å²) in [4.78, 5) is 41.4. The SMILES string of the molecule is CN(C)c1nc(CNC(=O)CN2C(=O)CSC2=S)nc(N(C)C)n1. The zero-order valence-electron chi connectivity index (χ0n) is 13.9. The molecule has 130 valence electrons. The molecule has 1 aliphatic rings. The second-order valence-electron chi connectivity index (χ2n) is 5.45. The van der Waals surface area contributed by atoms with Crippen LogP contribution in [-0.4, -0.2) is 76.5 Å². The fourth-order valence-electron chi connectivity index (χ4n) is 1.79. The van der Waals surface area contributed by atoms with Crippen molar-refractivity contribution in [2.24, 2.45) is 0 Å². The maximum Gasteiger partial charge on any atom is 0.240 e. The number of amides is 2. The summed E-state index contributed by atoms with van der Waals surface area (Å²) < 4.78 is 0.431. The van der Waals surface area contributed by atoms with Gasteiger partial charge in [0.1, 0.15) is 10.9 Å². The van der Waals surface area contributed by atoms with Crippen molar-refractivity contribution >= 4 is 52.0 Å². The molecule has 11 heteroatoms. The second kappa shape index (κ2) is 7.71. The van der Waals surface area contributed by atoms with Gasteiger partial charge in [-0.1, -0.05) is 24.0 Å². The monoisotopic (exact) mass is 369 g/mol. The zero-order chi connectivity index (χ0) is 17.9. The van der Waals surface area contributed by atoms with Crippen molar-refractivity contribution in [2.45, 2.75) is 6.54 Å². The quantitative estimate of drug-likeness (QED) is 0.665. The fourth-order valence-corrected chi connectivity index (χ4v) is 2.85. The zero-order valence-corrected chi connectivity index (χ0v) is 15.6. The number of hydrogen-bond acceptors (Lipinski definition) is 9. The van der Waals surface area contributed by atoms with E-state index in [1.54, 1.807) is 9.80 Å². The van der Waals surface area contributed by atoms with Crippen LogP contribution in [0.15, 0.2) is 0 Å². The summed E-state index contributed by atoms with van der Waals surface area (Å²) >= 11 is 6.31. The highest BCUT2D eigenvalue weighted by atomic mass is 32.2. The molecule has 0 spiro atoms. The summed E-state index contributed by atoms with van der Waals surface area (Å²) in [5.74, 6) is 1.28. The van der Waals surface area contributed by atoms with Gasteiger partial charge in [0.25, 0.3) is 0 Å². The molecule has 0 bridgehead atoms. The average Bonchev–Trinajstić information content (AvgIpc) is 2.84. The third kappa shape index (κ3) is 4.51. The van der Waals surface area contributed by atoms with Gasteiger partial charge in [-0.2, -0.15) is 15.0 Å². The molecule has 1 N–H and O–H groups in total. The van der Waals surface area contributed by atoms with E-state index in [1.807, 2.05) is 28.2 Å². The van der Waals surface area contributed by atoms with Crippen LogP contribution in [0.1, 0.15) is 5.82 Å². The summed E-state index contributed by atoms with van der Waals surface area (Å²) in [6, 6.07) is 0. The number of thiocarbonyl (C=S) groups is 1. The first kappa shape index (κ1) is 18.3. The van der Waals surface area contributed by atoms with Crippen LogP contribution < -0.4 is 15.1 Å². The molecule has 1 aromatic rings. The van der Waals surface area contributed by atoms with E-state index in [4.69, 9.17) is 12.2 Å². The number of nitrogens with zero attached hydrogens (tertiary/aromatic N) is 6. The smallest absolute Gasteiger partial charge is 0.240 e. The van der Waals surface area contributed by atoms with E-state index in [1.165, 1.54) is 16.7 Å². The number of aromatic nitrogens is 3. The van der Waals surface area contributed by atoms with Gasteiger partial charge in [0.2, 0.25) is 23.7 Å². The fraction of sp³-hybridized carbons (Fsp3) is 0.538. The Morgan fingerprint density at radius 1 is 1.21 bits per heavy atom. The van der Waals surface area contributed by atoms with Crippen molar-refractivity contribution in [3.63, 3.8) is 0 Å². The molecule has 0 aliphatic carbocycles. The Hall–Kier alpha value is -2.01. The summed E-state index contributed by atoms with van der Waals surface area (Å²) in [5, 5.41) is 2.71. The third-order valence-electron chi connectivity index (χ3n) is 3.04. The Labute approximate surface area is 149 Å². The van der Waals surface area contributed by atoms with Crippen LogP contribution in [0.3, 0.4) is 0 Å². The lowest BCUT2D eigenvalue weighted by molar-refractivity contribution is -0.129. The molecule has 1 saturated heterocycles. The lowest BCUT2D eigenvalue weighted by Crippen LogP contribution is -2.39. The van der Waals surface area contributed by atoms with E-state index < -0.39 is 0 Å². The van der Waals surface area contributed by atoms with Crippen LogP contribution in [0.2, 0.25) is 0 Å². The van der Waals surface area contributed by atoms with Crippen LogP contribution in [0.25, 0.3) is 0 Å². The van der Waals surface area contributed by atoms with Gasteiger partial charge in [-0.25, -0.2) is 0 Å². The van der Waals surface area contributed by atoms with Crippen molar-refractivity contribution in [1.82, 2.24) is 25.2 Å². The molecule has 1 aromatic heterocycles. The molecule has 0 saturated carbocycles. The molecule has 2 rings (SSSR count). The molecule has 0 unspecified atom stereocenters. The Balaban J connectivity index is 2.01. The van der Waals surface area contributed by atoms with Crippen LogP contribution in [0.4, 0.5) is 11.9 Å². The molecule has 1 fully saturated rings. The molecule has 2 amide bonds. The van der Waals surface area contributed by atoms with Gasteiger partial charge in [0.15, 0.2) is 5.82 Å². The van der Waals surface area contributed by atoms with Crippen molar-refractivity contribution in [1.29, 1.82) is 0 Å². The maximum atomic E-state index is 12.0. The van der Waals surface area contributed by atoms with Crippen LogP contribution in [0.5, 0.6) is 0 Å². The Morgan fingerprint density at radius 3 is 2.25 bits per heavy atom. The number of anilines is 2. The first-order chi connectivity index (χ1) is 11.3. The van der Waals surface area contributed by atoms with E-state index in [2.05, 4.69) is 20.3 Å². The van der Waals surface area contributed by atoms with Crippen LogP contribution in [-0.2, 0) is 16.1 Å².